The summed E-state index contributed by atoms with van der Waals surface area (Å²) in [6.07, 6.45) is 4.14. The van der Waals surface area contributed by atoms with Gasteiger partial charge in [0.05, 0.1) is 5.69 Å². The van der Waals surface area contributed by atoms with Gasteiger partial charge in [-0.2, -0.15) is 5.10 Å². The lowest BCUT2D eigenvalue weighted by atomic mass is 9.92. The molecule has 72 valence electrons. The first-order valence-corrected chi connectivity index (χ1v) is 5.03. The largest absolute Gasteiger partial charge is 0.308 e. The number of nitrogens with one attached hydrogen (secondary N) is 1. The molecule has 0 unspecified atom stereocenters. The monoisotopic (exact) mass is 199 g/mol. The van der Waals surface area contributed by atoms with Gasteiger partial charge >= 0.3 is 0 Å². The molecule has 3 nitrogen and oxygen atoms in total. The van der Waals surface area contributed by atoms with E-state index in [0.717, 1.165) is 25.1 Å². The van der Waals surface area contributed by atoms with E-state index in [2.05, 4.69) is 10.4 Å². The van der Waals surface area contributed by atoms with Crippen molar-refractivity contribution in [1.29, 1.82) is 0 Å². The zero-order valence-electron chi connectivity index (χ0n) is 7.70. The van der Waals surface area contributed by atoms with Gasteiger partial charge in [-0.05, 0) is 18.9 Å². The zero-order chi connectivity index (χ0) is 9.26. The molecule has 13 heavy (non-hydrogen) atoms. The van der Waals surface area contributed by atoms with Crippen LogP contribution in [0.3, 0.4) is 0 Å². The summed E-state index contributed by atoms with van der Waals surface area (Å²) in [5, 5.41) is 8.09. The molecule has 1 aromatic heterocycles. The molecular weight excluding hydrogens is 186 g/mol. The van der Waals surface area contributed by atoms with Gasteiger partial charge in [0.1, 0.15) is 0 Å². The normalized spacial score (nSPS) is 27.2. The number of halogens is 1. The second-order valence-corrected chi connectivity index (χ2v) is 4.24. The van der Waals surface area contributed by atoms with Gasteiger partial charge < -0.3 is 5.32 Å². The van der Waals surface area contributed by atoms with Crippen molar-refractivity contribution < 1.29 is 0 Å². The van der Waals surface area contributed by atoms with Gasteiger partial charge in [0.15, 0.2) is 0 Å². The molecule has 1 aliphatic carbocycles. The van der Waals surface area contributed by atoms with Gasteiger partial charge in [-0.1, -0.05) is 0 Å². The number of nitrogens with zero attached hydrogens (tertiary/aromatic N) is 2. The highest BCUT2D eigenvalue weighted by Gasteiger charge is 2.26. The summed E-state index contributed by atoms with van der Waals surface area (Å²) >= 11 is 5.87. The Morgan fingerprint density at radius 2 is 2.46 bits per heavy atom. The Bertz CT molecular complexity index is 278. The smallest absolute Gasteiger partial charge is 0.0762 e. The molecule has 0 aliphatic heterocycles. The third-order valence-corrected chi connectivity index (χ3v) is 2.78. The molecule has 0 saturated heterocycles. The summed E-state index contributed by atoms with van der Waals surface area (Å²) in [6, 6.07) is 2.63. The second kappa shape index (κ2) is 3.68. The van der Waals surface area contributed by atoms with Gasteiger partial charge in [-0.15, -0.1) is 11.6 Å². The van der Waals surface area contributed by atoms with E-state index in [0.29, 0.717) is 11.4 Å². The maximum atomic E-state index is 5.87. The molecule has 4 heteroatoms. The SMILES string of the molecule is Cn1ccc(CNC2CC(Cl)C2)n1. The van der Waals surface area contributed by atoms with E-state index in [1.54, 1.807) is 0 Å². The molecule has 0 spiro atoms. The zero-order valence-corrected chi connectivity index (χ0v) is 8.46. The Hall–Kier alpha value is -0.540. The van der Waals surface area contributed by atoms with Crippen LogP contribution >= 0.6 is 11.6 Å². The molecule has 1 fully saturated rings. The van der Waals surface area contributed by atoms with Crippen molar-refractivity contribution in [2.45, 2.75) is 30.8 Å². The maximum Gasteiger partial charge on any atom is 0.0762 e. The second-order valence-electron chi connectivity index (χ2n) is 3.63. The van der Waals surface area contributed by atoms with Crippen molar-refractivity contribution in [2.24, 2.45) is 7.05 Å². The third-order valence-electron chi connectivity index (χ3n) is 2.42. The minimum atomic E-state index is 0.390. The molecule has 1 aliphatic rings. The fourth-order valence-corrected chi connectivity index (χ4v) is 1.95. The summed E-state index contributed by atoms with van der Waals surface area (Å²) in [4.78, 5) is 0. The first-order valence-electron chi connectivity index (χ1n) is 4.60. The summed E-state index contributed by atoms with van der Waals surface area (Å²) in [5.74, 6) is 0. The number of aryl methyl sites for hydroxylation is 1. The van der Waals surface area contributed by atoms with E-state index in [1.807, 2.05) is 24.0 Å². The fourth-order valence-electron chi connectivity index (χ4n) is 1.52. The Kier molecular flexibility index (Phi) is 2.56. The van der Waals surface area contributed by atoms with Crippen molar-refractivity contribution in [3.8, 4) is 0 Å². The average Bonchev–Trinajstić information content (AvgIpc) is 2.43. The van der Waals surface area contributed by atoms with Gasteiger partial charge in [-0.25, -0.2) is 0 Å². The van der Waals surface area contributed by atoms with Gasteiger partial charge in [-0.3, -0.25) is 4.68 Å². The quantitative estimate of drug-likeness (QED) is 0.744. The molecular formula is C9H14ClN3. The minimum absolute atomic E-state index is 0.390. The van der Waals surface area contributed by atoms with E-state index in [4.69, 9.17) is 11.6 Å². The summed E-state index contributed by atoms with van der Waals surface area (Å²) in [7, 11) is 1.93. The van der Waals surface area contributed by atoms with Crippen molar-refractivity contribution in [2.75, 3.05) is 0 Å². The van der Waals surface area contributed by atoms with E-state index in [9.17, 15) is 0 Å². The van der Waals surface area contributed by atoms with Crippen LogP contribution in [-0.2, 0) is 13.6 Å². The van der Waals surface area contributed by atoms with Crippen LogP contribution in [0.25, 0.3) is 0 Å². The van der Waals surface area contributed by atoms with E-state index in [1.165, 1.54) is 0 Å². The predicted octanol–water partition coefficient (Wildman–Crippen LogP) is 1.28. The van der Waals surface area contributed by atoms with E-state index < -0.39 is 0 Å². The van der Waals surface area contributed by atoms with Crippen LogP contribution in [0.1, 0.15) is 18.5 Å². The van der Waals surface area contributed by atoms with Crippen LogP contribution in [0.5, 0.6) is 0 Å². The molecule has 1 N–H and O–H groups in total. The van der Waals surface area contributed by atoms with Crippen molar-refractivity contribution >= 4 is 11.6 Å². The molecule has 2 rings (SSSR count). The first kappa shape index (κ1) is 9.03. The van der Waals surface area contributed by atoms with Crippen molar-refractivity contribution in [3.05, 3.63) is 18.0 Å². The molecule has 1 heterocycles. The lowest BCUT2D eigenvalue weighted by Crippen LogP contribution is -2.41. The van der Waals surface area contributed by atoms with Crippen molar-refractivity contribution in [1.82, 2.24) is 15.1 Å². The highest BCUT2D eigenvalue weighted by Crippen LogP contribution is 2.25. The lowest BCUT2D eigenvalue weighted by Gasteiger charge is -2.31. The molecule has 0 bridgehead atoms. The summed E-state index contributed by atoms with van der Waals surface area (Å²) in [6.45, 7) is 0.856. The molecule has 0 aromatic carbocycles. The van der Waals surface area contributed by atoms with E-state index >= 15 is 0 Å². The number of hydrogen-bond donors (Lipinski definition) is 1. The van der Waals surface area contributed by atoms with Crippen LogP contribution in [0.4, 0.5) is 0 Å². The lowest BCUT2D eigenvalue weighted by molar-refractivity contribution is 0.343. The number of hydrogen-bond acceptors (Lipinski definition) is 2. The number of alkyl halides is 1. The topological polar surface area (TPSA) is 29.9 Å². The van der Waals surface area contributed by atoms with Crippen LogP contribution in [0, 0.1) is 0 Å². The third kappa shape index (κ3) is 2.23. The first-order chi connectivity index (χ1) is 6.24. The maximum absolute atomic E-state index is 5.87. The standard InChI is InChI=1S/C9H14ClN3/c1-13-3-2-8(12-13)6-11-9-4-7(10)5-9/h2-3,7,9,11H,4-6H2,1H3. The predicted molar refractivity (Wildman–Crippen MR) is 52.7 cm³/mol. The van der Waals surface area contributed by atoms with Crippen LogP contribution in [-0.4, -0.2) is 21.2 Å². The number of aromatic nitrogens is 2. The number of rotatable bonds is 3. The van der Waals surface area contributed by atoms with Crippen LogP contribution < -0.4 is 5.32 Å². The molecule has 1 saturated carbocycles. The van der Waals surface area contributed by atoms with E-state index in [-0.39, 0.29) is 0 Å². The molecule has 1 aromatic rings. The minimum Gasteiger partial charge on any atom is -0.308 e. The Labute approximate surface area is 83.1 Å². The Morgan fingerprint density at radius 3 is 3.00 bits per heavy atom. The van der Waals surface area contributed by atoms with Gasteiger partial charge in [0, 0.05) is 31.2 Å². The Balaban J connectivity index is 1.74. The van der Waals surface area contributed by atoms with Gasteiger partial charge in [0.2, 0.25) is 0 Å². The van der Waals surface area contributed by atoms with Gasteiger partial charge in [0.25, 0.3) is 0 Å². The average molecular weight is 200 g/mol. The molecule has 0 radical (unpaired) electrons. The highest BCUT2D eigenvalue weighted by atomic mass is 35.5. The Morgan fingerprint density at radius 1 is 1.69 bits per heavy atom. The fraction of sp³-hybridized carbons (Fsp3) is 0.667. The van der Waals surface area contributed by atoms with Crippen LogP contribution in [0.2, 0.25) is 0 Å². The molecule has 0 atom stereocenters. The van der Waals surface area contributed by atoms with Crippen molar-refractivity contribution in [3.63, 3.8) is 0 Å². The highest BCUT2D eigenvalue weighted by molar-refractivity contribution is 6.21. The molecule has 0 amide bonds. The summed E-state index contributed by atoms with van der Waals surface area (Å²) < 4.78 is 1.82. The summed E-state index contributed by atoms with van der Waals surface area (Å²) in [5.41, 5.74) is 1.10. The van der Waals surface area contributed by atoms with Crippen LogP contribution in [0.15, 0.2) is 12.3 Å².